The fraction of sp³-hybridized carbons (Fsp3) is 0.474. The molecule has 1 aromatic heterocycles. The van der Waals surface area contributed by atoms with Gasteiger partial charge in [0, 0.05) is 11.6 Å². The molecule has 1 heterocycles. The Morgan fingerprint density at radius 3 is 2.54 bits per heavy atom. The van der Waals surface area contributed by atoms with Crippen LogP contribution in [0.4, 0.5) is 5.82 Å². The van der Waals surface area contributed by atoms with E-state index in [1.807, 2.05) is 25.1 Å². The van der Waals surface area contributed by atoms with Crippen LogP contribution in [0.2, 0.25) is 0 Å². The first kappa shape index (κ1) is 18.8. The van der Waals surface area contributed by atoms with Gasteiger partial charge in [0.15, 0.2) is 0 Å². The van der Waals surface area contributed by atoms with Crippen LogP contribution in [0.5, 0.6) is 0 Å². The second-order valence-electron chi connectivity index (χ2n) is 7.04. The summed E-state index contributed by atoms with van der Waals surface area (Å²) in [6.07, 6.45) is 5.53. The number of benzene rings is 1. The first-order valence-corrected chi connectivity index (χ1v) is 10.7. The minimum absolute atomic E-state index is 0.150. The van der Waals surface area contributed by atoms with Gasteiger partial charge in [-0.3, -0.25) is 0 Å². The van der Waals surface area contributed by atoms with E-state index in [1.165, 1.54) is 19.3 Å². The van der Waals surface area contributed by atoms with Crippen molar-refractivity contribution in [2.24, 2.45) is 11.1 Å². The maximum Gasteiger partial charge on any atom is 0.238 e. The van der Waals surface area contributed by atoms with E-state index in [1.54, 1.807) is 12.1 Å². The molecule has 7 heteroatoms. The molecular weight excluding hydrogens is 348 g/mol. The van der Waals surface area contributed by atoms with Crippen LogP contribution < -0.4 is 10.5 Å². The number of aryl methyl sites for hydroxylation is 1. The molecule has 1 aliphatic rings. The van der Waals surface area contributed by atoms with E-state index in [9.17, 15) is 8.42 Å². The summed E-state index contributed by atoms with van der Waals surface area (Å²) in [6, 6.07) is 9.40. The highest BCUT2D eigenvalue weighted by Gasteiger charge is 2.21. The van der Waals surface area contributed by atoms with Gasteiger partial charge >= 0.3 is 0 Å². The number of nitrogens with zero attached hydrogens (tertiary/aromatic N) is 2. The van der Waals surface area contributed by atoms with Crippen LogP contribution in [0.3, 0.4) is 0 Å². The fourth-order valence-corrected chi connectivity index (χ4v) is 4.42. The van der Waals surface area contributed by atoms with Crippen molar-refractivity contribution in [1.82, 2.24) is 10.2 Å². The van der Waals surface area contributed by atoms with Crippen molar-refractivity contribution < 1.29 is 8.42 Å². The molecule has 2 atom stereocenters. The van der Waals surface area contributed by atoms with Crippen molar-refractivity contribution in [3.05, 3.63) is 35.9 Å². The zero-order valence-electron chi connectivity index (χ0n) is 15.3. The number of hydrogen-bond acceptors (Lipinski definition) is 5. The Hall–Kier alpha value is -1.99. The number of hydrogen-bond donors (Lipinski definition) is 2. The first-order valence-electron chi connectivity index (χ1n) is 9.15. The second-order valence-corrected chi connectivity index (χ2v) is 8.57. The third-order valence-electron chi connectivity index (χ3n) is 5.16. The van der Waals surface area contributed by atoms with Crippen LogP contribution in [0.15, 0.2) is 35.2 Å². The summed E-state index contributed by atoms with van der Waals surface area (Å²) in [5.41, 5.74) is 2.02. The van der Waals surface area contributed by atoms with Crippen molar-refractivity contribution in [3.8, 4) is 11.3 Å². The number of aromatic nitrogens is 2. The highest BCUT2D eigenvalue weighted by molar-refractivity contribution is 7.89. The molecular formula is C19H26N4O2S. The van der Waals surface area contributed by atoms with E-state index >= 15 is 0 Å². The average Bonchev–Trinajstić information content (AvgIpc) is 2.63. The van der Waals surface area contributed by atoms with Gasteiger partial charge in [0.2, 0.25) is 10.0 Å². The molecule has 0 spiro atoms. The molecule has 1 aromatic carbocycles. The summed E-state index contributed by atoms with van der Waals surface area (Å²) in [4.78, 5) is 0.150. The molecule has 3 rings (SSSR count). The Balaban J connectivity index is 1.82. The normalized spacial score (nSPS) is 20.7. The summed E-state index contributed by atoms with van der Waals surface area (Å²) in [6.45, 7) is 4.17. The lowest BCUT2D eigenvalue weighted by atomic mass is 9.86. The summed E-state index contributed by atoms with van der Waals surface area (Å²) in [5, 5.41) is 17.4. The Morgan fingerprint density at radius 2 is 1.92 bits per heavy atom. The standard InChI is InChI=1S/C19H26N4O2S/c1-3-14-8-9-15(12-18(14)26(20,24)25)17-10-11-19(23-22-17)21-16-7-5-4-6-13(16)2/h8-13,16H,3-7H2,1-2H3,(H,21,23)(H2,20,24,25)/t13-,16+/m0/s1. The average molecular weight is 375 g/mol. The monoisotopic (exact) mass is 374 g/mol. The maximum atomic E-state index is 11.8. The molecule has 26 heavy (non-hydrogen) atoms. The van der Waals surface area contributed by atoms with Crippen LogP contribution >= 0.6 is 0 Å². The van der Waals surface area contributed by atoms with Crippen molar-refractivity contribution >= 4 is 15.8 Å². The zero-order valence-corrected chi connectivity index (χ0v) is 16.1. The Bertz CT molecular complexity index is 866. The van der Waals surface area contributed by atoms with Gasteiger partial charge in [-0.1, -0.05) is 38.8 Å². The molecule has 1 aliphatic carbocycles. The quantitative estimate of drug-likeness (QED) is 0.836. The van der Waals surface area contributed by atoms with Crippen molar-refractivity contribution in [2.45, 2.75) is 56.9 Å². The molecule has 0 radical (unpaired) electrons. The van der Waals surface area contributed by atoms with E-state index in [0.29, 0.717) is 35.2 Å². The Kier molecular flexibility index (Phi) is 5.58. The van der Waals surface area contributed by atoms with Crippen LogP contribution in [0.25, 0.3) is 11.3 Å². The number of nitrogens with two attached hydrogens (primary N) is 1. The minimum Gasteiger partial charge on any atom is -0.366 e. The topological polar surface area (TPSA) is 98.0 Å². The molecule has 6 nitrogen and oxygen atoms in total. The maximum absolute atomic E-state index is 11.8. The third kappa shape index (κ3) is 4.22. The number of primary sulfonamides is 1. The van der Waals surface area contributed by atoms with Gasteiger partial charge in [0.05, 0.1) is 10.6 Å². The predicted octanol–water partition coefficient (Wildman–Crippen LogP) is 3.34. The highest BCUT2D eigenvalue weighted by Crippen LogP contribution is 2.27. The fourth-order valence-electron chi connectivity index (χ4n) is 3.55. The number of anilines is 1. The molecule has 1 saturated carbocycles. The van der Waals surface area contributed by atoms with Gasteiger partial charge in [-0.2, -0.15) is 0 Å². The predicted molar refractivity (Wildman–Crippen MR) is 103 cm³/mol. The van der Waals surface area contributed by atoms with Crippen LogP contribution in [0.1, 0.15) is 45.1 Å². The molecule has 3 N–H and O–H groups in total. The number of sulfonamides is 1. The summed E-state index contributed by atoms with van der Waals surface area (Å²) in [5.74, 6) is 1.38. The van der Waals surface area contributed by atoms with Crippen LogP contribution in [0, 0.1) is 5.92 Å². The lowest BCUT2D eigenvalue weighted by Gasteiger charge is -2.29. The van der Waals surface area contributed by atoms with Crippen LogP contribution in [-0.2, 0) is 16.4 Å². The van der Waals surface area contributed by atoms with Gasteiger partial charge in [-0.05, 0) is 48.9 Å². The number of rotatable bonds is 5. The van der Waals surface area contributed by atoms with Crippen molar-refractivity contribution in [3.63, 3.8) is 0 Å². The molecule has 0 bridgehead atoms. The first-order chi connectivity index (χ1) is 12.4. The molecule has 1 fully saturated rings. The Labute approximate surface area is 155 Å². The van der Waals surface area contributed by atoms with Crippen molar-refractivity contribution in [2.75, 3.05) is 5.32 Å². The number of nitrogens with one attached hydrogen (secondary N) is 1. The van der Waals surface area contributed by atoms with Gasteiger partial charge in [-0.15, -0.1) is 10.2 Å². The molecule has 0 amide bonds. The largest absolute Gasteiger partial charge is 0.366 e. The molecule has 0 unspecified atom stereocenters. The molecule has 140 valence electrons. The molecule has 0 aliphatic heterocycles. The lowest BCUT2D eigenvalue weighted by molar-refractivity contribution is 0.349. The minimum atomic E-state index is -3.77. The summed E-state index contributed by atoms with van der Waals surface area (Å²) >= 11 is 0. The van der Waals surface area contributed by atoms with Gasteiger partial charge < -0.3 is 5.32 Å². The lowest BCUT2D eigenvalue weighted by Crippen LogP contribution is -2.30. The van der Waals surface area contributed by atoms with E-state index in [0.717, 1.165) is 12.2 Å². The molecule has 0 saturated heterocycles. The smallest absolute Gasteiger partial charge is 0.238 e. The van der Waals surface area contributed by atoms with Gasteiger partial charge in [-0.25, -0.2) is 13.6 Å². The van der Waals surface area contributed by atoms with E-state index in [2.05, 4.69) is 22.4 Å². The summed E-state index contributed by atoms with van der Waals surface area (Å²) in [7, 11) is -3.77. The van der Waals surface area contributed by atoms with E-state index in [-0.39, 0.29) is 4.90 Å². The zero-order chi connectivity index (χ0) is 18.7. The molecule has 2 aromatic rings. The van der Waals surface area contributed by atoms with Crippen molar-refractivity contribution in [1.29, 1.82) is 0 Å². The van der Waals surface area contributed by atoms with E-state index in [4.69, 9.17) is 5.14 Å². The van der Waals surface area contributed by atoms with Gasteiger partial charge in [0.1, 0.15) is 5.82 Å². The summed E-state index contributed by atoms with van der Waals surface area (Å²) < 4.78 is 23.7. The van der Waals surface area contributed by atoms with Crippen LogP contribution in [-0.4, -0.2) is 24.7 Å². The third-order valence-corrected chi connectivity index (χ3v) is 6.15. The van der Waals surface area contributed by atoms with Gasteiger partial charge in [0.25, 0.3) is 0 Å². The SMILES string of the molecule is CCc1ccc(-c2ccc(N[C@@H]3CCCC[C@@H]3C)nn2)cc1S(N)(=O)=O. The Morgan fingerprint density at radius 1 is 1.15 bits per heavy atom. The second kappa shape index (κ2) is 7.72. The van der Waals surface area contributed by atoms with E-state index < -0.39 is 10.0 Å². The highest BCUT2D eigenvalue weighted by atomic mass is 32.2.